The Bertz CT molecular complexity index is 1300. The maximum Gasteiger partial charge on any atom is 0.573 e. The third-order valence-corrected chi connectivity index (χ3v) is 6.33. The SMILES string of the molecule is CNC(=O)C(CCC=O)N1Cc2c(CCCc3cnc(-c4ccc(OC(F)(F)F)cc4)o3)cccc2C1=O. The number of likely N-dealkylation sites (N-methyl/N-ethyl adjacent to an activating group) is 1. The number of nitrogens with one attached hydrogen (secondary N) is 1. The molecule has 3 aromatic rings. The summed E-state index contributed by atoms with van der Waals surface area (Å²) in [4.78, 5) is 42.1. The molecule has 1 unspecified atom stereocenters. The minimum absolute atomic E-state index is 0.176. The molecule has 2 aromatic carbocycles. The fourth-order valence-corrected chi connectivity index (χ4v) is 4.53. The van der Waals surface area contributed by atoms with Crippen LogP contribution in [0.15, 0.2) is 53.1 Å². The summed E-state index contributed by atoms with van der Waals surface area (Å²) >= 11 is 0. The molecule has 2 heterocycles. The predicted octanol–water partition coefficient (Wildman–Crippen LogP) is 4.47. The van der Waals surface area contributed by atoms with Crippen LogP contribution in [0, 0.1) is 0 Å². The van der Waals surface area contributed by atoms with E-state index in [4.69, 9.17) is 4.42 Å². The molecule has 200 valence electrons. The molecule has 0 saturated heterocycles. The third kappa shape index (κ3) is 6.21. The first-order chi connectivity index (χ1) is 18.2. The van der Waals surface area contributed by atoms with E-state index >= 15 is 0 Å². The van der Waals surface area contributed by atoms with Gasteiger partial charge in [-0.25, -0.2) is 4.98 Å². The highest BCUT2D eigenvalue weighted by atomic mass is 19.4. The first-order valence-corrected chi connectivity index (χ1v) is 12.1. The van der Waals surface area contributed by atoms with Crippen molar-refractivity contribution < 1.29 is 36.7 Å². The second-order valence-electron chi connectivity index (χ2n) is 8.81. The van der Waals surface area contributed by atoms with E-state index in [1.54, 1.807) is 12.3 Å². The average molecular weight is 530 g/mol. The van der Waals surface area contributed by atoms with Crippen molar-refractivity contribution in [3.63, 3.8) is 0 Å². The summed E-state index contributed by atoms with van der Waals surface area (Å²) in [5.74, 6) is 0.0438. The minimum atomic E-state index is -4.76. The van der Waals surface area contributed by atoms with Gasteiger partial charge in [0.1, 0.15) is 23.8 Å². The zero-order chi connectivity index (χ0) is 27.3. The molecule has 2 amide bonds. The second-order valence-corrected chi connectivity index (χ2v) is 8.81. The summed E-state index contributed by atoms with van der Waals surface area (Å²) in [6.45, 7) is 0.293. The normalized spacial score (nSPS) is 13.8. The molecule has 1 aliphatic heterocycles. The number of benzene rings is 2. The lowest BCUT2D eigenvalue weighted by Crippen LogP contribution is -2.46. The number of oxazole rings is 1. The quantitative estimate of drug-likeness (QED) is 0.368. The number of amides is 2. The first-order valence-electron chi connectivity index (χ1n) is 12.1. The third-order valence-electron chi connectivity index (χ3n) is 6.33. The molecule has 0 bridgehead atoms. The molecular weight excluding hydrogens is 503 g/mol. The Balaban J connectivity index is 1.39. The van der Waals surface area contributed by atoms with Crippen LogP contribution >= 0.6 is 0 Å². The Morgan fingerprint density at radius 1 is 1.21 bits per heavy atom. The highest BCUT2D eigenvalue weighted by Crippen LogP contribution is 2.30. The van der Waals surface area contributed by atoms with E-state index in [0.29, 0.717) is 42.7 Å². The Hall–Kier alpha value is -4.15. The van der Waals surface area contributed by atoms with Crippen molar-refractivity contribution >= 4 is 18.1 Å². The van der Waals surface area contributed by atoms with Crippen molar-refractivity contribution in [1.82, 2.24) is 15.2 Å². The summed E-state index contributed by atoms with van der Waals surface area (Å²) in [7, 11) is 1.50. The molecule has 0 saturated carbocycles. The van der Waals surface area contributed by atoms with E-state index in [9.17, 15) is 27.6 Å². The number of halogens is 3. The van der Waals surface area contributed by atoms with Crippen molar-refractivity contribution in [3.8, 4) is 17.2 Å². The topological polar surface area (TPSA) is 102 Å². The molecule has 1 atom stereocenters. The molecule has 8 nitrogen and oxygen atoms in total. The number of hydrogen-bond donors (Lipinski definition) is 1. The molecule has 1 aromatic heterocycles. The van der Waals surface area contributed by atoms with Crippen LogP contribution in [0.3, 0.4) is 0 Å². The van der Waals surface area contributed by atoms with Crippen LogP contribution in [0.25, 0.3) is 11.5 Å². The zero-order valence-electron chi connectivity index (χ0n) is 20.6. The van der Waals surface area contributed by atoms with Gasteiger partial charge in [-0.05, 0) is 60.7 Å². The number of hydrogen-bond acceptors (Lipinski definition) is 6. The van der Waals surface area contributed by atoms with Crippen molar-refractivity contribution in [2.45, 2.75) is 51.1 Å². The van der Waals surface area contributed by atoms with E-state index in [0.717, 1.165) is 17.4 Å². The number of nitrogens with zero attached hydrogens (tertiary/aromatic N) is 2. The van der Waals surface area contributed by atoms with E-state index < -0.39 is 12.4 Å². The summed E-state index contributed by atoms with van der Waals surface area (Å²) in [6.07, 6.45) is -0.100. The number of aldehydes is 1. The lowest BCUT2D eigenvalue weighted by Gasteiger charge is -2.25. The van der Waals surface area contributed by atoms with Crippen LogP contribution in [0.5, 0.6) is 5.75 Å². The summed E-state index contributed by atoms with van der Waals surface area (Å²) < 4.78 is 46.7. The van der Waals surface area contributed by atoms with Crippen LogP contribution in [0.2, 0.25) is 0 Å². The molecule has 11 heteroatoms. The Morgan fingerprint density at radius 2 is 1.97 bits per heavy atom. The van der Waals surface area contributed by atoms with Gasteiger partial charge in [-0.1, -0.05) is 12.1 Å². The predicted molar refractivity (Wildman–Crippen MR) is 130 cm³/mol. The van der Waals surface area contributed by atoms with Crippen LogP contribution in [-0.2, 0) is 29.0 Å². The van der Waals surface area contributed by atoms with Crippen molar-refractivity contribution in [1.29, 1.82) is 0 Å². The lowest BCUT2D eigenvalue weighted by atomic mass is 9.98. The van der Waals surface area contributed by atoms with Crippen LogP contribution in [0.4, 0.5) is 13.2 Å². The number of aromatic nitrogens is 1. The fraction of sp³-hybridized carbons (Fsp3) is 0.333. The molecule has 38 heavy (non-hydrogen) atoms. The van der Waals surface area contributed by atoms with Gasteiger partial charge in [-0.15, -0.1) is 13.2 Å². The molecular formula is C27H26F3N3O5. The number of aryl methyl sites for hydroxylation is 2. The van der Waals surface area contributed by atoms with Gasteiger partial charge in [0.05, 0.1) is 6.20 Å². The average Bonchev–Trinajstić information content (AvgIpc) is 3.49. The van der Waals surface area contributed by atoms with Gasteiger partial charge < -0.3 is 24.2 Å². The number of carbonyl (C=O) groups is 3. The van der Waals surface area contributed by atoms with Crippen LogP contribution in [-0.4, -0.2) is 47.4 Å². The van der Waals surface area contributed by atoms with Crippen molar-refractivity contribution in [2.24, 2.45) is 0 Å². The van der Waals surface area contributed by atoms with Gasteiger partial charge in [-0.2, -0.15) is 0 Å². The van der Waals surface area contributed by atoms with Crippen LogP contribution < -0.4 is 10.1 Å². The van der Waals surface area contributed by atoms with E-state index in [-0.39, 0.29) is 36.3 Å². The number of carbonyl (C=O) groups excluding carboxylic acids is 3. The molecule has 0 radical (unpaired) electrons. The minimum Gasteiger partial charge on any atom is -0.441 e. The first kappa shape index (κ1) is 26.9. The van der Waals surface area contributed by atoms with Gasteiger partial charge in [0.2, 0.25) is 11.8 Å². The van der Waals surface area contributed by atoms with Crippen molar-refractivity contribution in [3.05, 3.63) is 71.1 Å². The highest BCUT2D eigenvalue weighted by molar-refractivity contribution is 6.01. The summed E-state index contributed by atoms with van der Waals surface area (Å²) in [6, 6.07) is 10.1. The van der Waals surface area contributed by atoms with Gasteiger partial charge in [-0.3, -0.25) is 9.59 Å². The molecule has 0 aliphatic carbocycles. The number of rotatable bonds is 11. The van der Waals surface area contributed by atoms with Gasteiger partial charge in [0.25, 0.3) is 5.91 Å². The fourth-order valence-electron chi connectivity index (χ4n) is 4.53. The molecule has 0 fully saturated rings. The standard InChI is InChI=1S/C27H26F3N3O5/c1-31-24(35)23(9-4-14-34)33-16-22-17(6-3-8-21(22)26(33)36)5-2-7-20-15-32-25(37-20)18-10-12-19(13-11-18)38-27(28,29)30/h3,6,8,10-15,23H,2,4-5,7,9,16H2,1H3,(H,31,35). The molecule has 1 aliphatic rings. The molecule has 0 spiro atoms. The summed E-state index contributed by atoms with van der Waals surface area (Å²) in [5, 5.41) is 2.57. The highest BCUT2D eigenvalue weighted by Gasteiger charge is 2.36. The number of fused-ring (bicyclic) bond motifs is 1. The Kier molecular flexibility index (Phi) is 8.13. The number of alkyl halides is 3. The Labute approximate surface area is 216 Å². The summed E-state index contributed by atoms with van der Waals surface area (Å²) in [5.41, 5.74) is 2.94. The van der Waals surface area contributed by atoms with Crippen molar-refractivity contribution in [2.75, 3.05) is 7.05 Å². The molecule has 1 N–H and O–H groups in total. The lowest BCUT2D eigenvalue weighted by molar-refractivity contribution is -0.274. The largest absolute Gasteiger partial charge is 0.573 e. The Morgan fingerprint density at radius 3 is 2.66 bits per heavy atom. The number of ether oxygens (including phenoxy) is 1. The maximum absolute atomic E-state index is 13.1. The van der Waals surface area contributed by atoms with Gasteiger partial charge in [0.15, 0.2) is 0 Å². The van der Waals surface area contributed by atoms with E-state index in [1.807, 2.05) is 12.1 Å². The van der Waals surface area contributed by atoms with Gasteiger partial charge >= 0.3 is 6.36 Å². The second kappa shape index (κ2) is 11.5. The zero-order valence-corrected chi connectivity index (χ0v) is 20.6. The van der Waals surface area contributed by atoms with Gasteiger partial charge in [0, 0.05) is 37.6 Å². The monoisotopic (exact) mass is 529 g/mol. The van der Waals surface area contributed by atoms with Crippen LogP contribution in [0.1, 0.15) is 46.5 Å². The maximum atomic E-state index is 13.1. The van der Waals surface area contributed by atoms with E-state index in [1.165, 1.54) is 36.2 Å². The van der Waals surface area contributed by atoms with E-state index in [2.05, 4.69) is 15.0 Å². The molecule has 4 rings (SSSR count). The smallest absolute Gasteiger partial charge is 0.441 e.